The lowest BCUT2D eigenvalue weighted by molar-refractivity contribution is -0.131. The van der Waals surface area contributed by atoms with Gasteiger partial charge < -0.3 is 19.3 Å². The predicted octanol–water partition coefficient (Wildman–Crippen LogP) is 6.58. The van der Waals surface area contributed by atoms with Gasteiger partial charge in [-0.3, -0.25) is 0 Å². The number of esters is 3. The van der Waals surface area contributed by atoms with Crippen LogP contribution in [0.4, 0.5) is 0 Å². The van der Waals surface area contributed by atoms with Crippen LogP contribution in [0.5, 0.6) is 11.5 Å². The quantitative estimate of drug-likeness (QED) is 0.142. The average Bonchev–Trinajstić information content (AvgIpc) is 2.94. The monoisotopic (exact) mass is 534 g/mol. The first-order valence-corrected chi connectivity index (χ1v) is 13.6. The first kappa shape index (κ1) is 29.8. The highest BCUT2D eigenvalue weighted by molar-refractivity contribution is 5.97. The zero-order valence-electron chi connectivity index (χ0n) is 22.9. The fourth-order valence-electron chi connectivity index (χ4n) is 4.54. The number of ether oxygens (including phenoxy) is 3. The Hall–Kier alpha value is -3.71. The van der Waals surface area contributed by atoms with E-state index in [0.717, 1.165) is 31.2 Å². The van der Waals surface area contributed by atoms with Gasteiger partial charge in [-0.1, -0.05) is 64.0 Å². The molecule has 39 heavy (non-hydrogen) atoms. The van der Waals surface area contributed by atoms with E-state index in [1.54, 1.807) is 43.3 Å². The molecule has 1 saturated carbocycles. The van der Waals surface area contributed by atoms with Crippen LogP contribution in [0.25, 0.3) is 11.1 Å². The highest BCUT2D eigenvalue weighted by Gasteiger charge is 2.26. The van der Waals surface area contributed by atoms with Crippen molar-refractivity contribution in [2.45, 2.75) is 71.3 Å². The molecule has 0 aliphatic heterocycles. The Bertz CT molecular complexity index is 1190. The lowest BCUT2D eigenvalue weighted by Gasteiger charge is -2.28. The Balaban J connectivity index is 1.78. The summed E-state index contributed by atoms with van der Waals surface area (Å²) in [6.45, 7) is 10.3. The maximum atomic E-state index is 13.3. The Morgan fingerprint density at radius 2 is 1.56 bits per heavy atom. The van der Waals surface area contributed by atoms with Crippen LogP contribution in [0.15, 0.2) is 66.8 Å². The van der Waals surface area contributed by atoms with E-state index in [1.165, 1.54) is 31.7 Å². The number of aliphatic hydroxyl groups is 1. The van der Waals surface area contributed by atoms with E-state index < -0.39 is 24.5 Å². The van der Waals surface area contributed by atoms with Crippen LogP contribution < -0.4 is 9.47 Å². The summed E-state index contributed by atoms with van der Waals surface area (Å²) < 4.78 is 16.5. The third-order valence-corrected chi connectivity index (χ3v) is 6.91. The Kier molecular flexibility index (Phi) is 11.1. The maximum Gasteiger partial charge on any atom is 0.342 e. The molecule has 1 aliphatic carbocycles. The number of hydrogen-bond donors (Lipinski definition) is 1. The van der Waals surface area contributed by atoms with Gasteiger partial charge in [0.05, 0.1) is 12.2 Å². The Labute approximate surface area is 230 Å². The molecule has 0 radical (unpaired) electrons. The van der Waals surface area contributed by atoms with E-state index in [0.29, 0.717) is 22.8 Å². The molecule has 7 nitrogen and oxygen atoms in total. The largest absolute Gasteiger partial charge is 0.459 e. The second kappa shape index (κ2) is 14.4. The number of carbonyl (C=O) groups is 3. The highest BCUT2D eigenvalue weighted by Crippen LogP contribution is 2.33. The van der Waals surface area contributed by atoms with Crippen molar-refractivity contribution in [2.75, 3.05) is 6.61 Å². The molecule has 0 bridgehead atoms. The maximum absolute atomic E-state index is 13.3. The van der Waals surface area contributed by atoms with Gasteiger partial charge in [-0.2, -0.15) is 0 Å². The van der Waals surface area contributed by atoms with Crippen LogP contribution in [0, 0.1) is 5.92 Å². The van der Waals surface area contributed by atoms with Gasteiger partial charge >= 0.3 is 17.9 Å². The molecule has 0 saturated heterocycles. The molecule has 0 unspecified atom stereocenters. The molecule has 0 heterocycles. The van der Waals surface area contributed by atoms with Gasteiger partial charge in [0.2, 0.25) is 0 Å². The Morgan fingerprint density at radius 3 is 2.18 bits per heavy atom. The minimum Gasteiger partial charge on any atom is -0.459 e. The SMILES string of the molecule is C=C(C)C(=O)Oc1ccc(-c2ccc(OC(=O)C(=C)CO)c(C(=O)OC3CCC(CCCCC)CC3)c2)cc1. The summed E-state index contributed by atoms with van der Waals surface area (Å²) in [5, 5.41) is 9.24. The lowest BCUT2D eigenvalue weighted by atomic mass is 9.84. The van der Waals surface area contributed by atoms with Gasteiger partial charge in [-0.05, 0) is 73.9 Å². The first-order chi connectivity index (χ1) is 18.7. The van der Waals surface area contributed by atoms with Crippen LogP contribution in [0.3, 0.4) is 0 Å². The summed E-state index contributed by atoms with van der Waals surface area (Å²) in [4.78, 5) is 37.4. The molecule has 2 aromatic rings. The normalized spacial score (nSPS) is 16.7. The summed E-state index contributed by atoms with van der Waals surface area (Å²) in [7, 11) is 0. The first-order valence-electron chi connectivity index (χ1n) is 13.6. The molecule has 3 rings (SSSR count). The summed E-state index contributed by atoms with van der Waals surface area (Å²) >= 11 is 0. The van der Waals surface area contributed by atoms with E-state index in [-0.39, 0.29) is 23.0 Å². The van der Waals surface area contributed by atoms with Crippen LogP contribution in [-0.4, -0.2) is 35.7 Å². The molecular weight excluding hydrogens is 496 g/mol. The van der Waals surface area contributed by atoms with E-state index in [9.17, 15) is 19.5 Å². The number of unbranched alkanes of at least 4 members (excludes halogenated alkanes) is 2. The van der Waals surface area contributed by atoms with Gasteiger partial charge in [-0.15, -0.1) is 0 Å². The van der Waals surface area contributed by atoms with E-state index in [2.05, 4.69) is 20.1 Å². The minimum absolute atomic E-state index is 0.0311. The summed E-state index contributed by atoms with van der Waals surface area (Å²) in [5.41, 5.74) is 1.71. The Morgan fingerprint density at radius 1 is 0.897 bits per heavy atom. The van der Waals surface area contributed by atoms with Crippen LogP contribution in [-0.2, 0) is 14.3 Å². The molecule has 1 aliphatic rings. The molecule has 0 aromatic heterocycles. The molecule has 0 spiro atoms. The van der Waals surface area contributed by atoms with Crippen LogP contribution in [0.1, 0.15) is 75.6 Å². The van der Waals surface area contributed by atoms with Crippen molar-refractivity contribution in [3.63, 3.8) is 0 Å². The second-order valence-electron chi connectivity index (χ2n) is 10.1. The van der Waals surface area contributed by atoms with E-state index in [1.807, 2.05) is 0 Å². The zero-order valence-corrected chi connectivity index (χ0v) is 22.9. The van der Waals surface area contributed by atoms with Crippen molar-refractivity contribution >= 4 is 17.9 Å². The van der Waals surface area contributed by atoms with Crippen LogP contribution >= 0.6 is 0 Å². The number of benzene rings is 2. The lowest BCUT2D eigenvalue weighted by Crippen LogP contribution is -2.25. The second-order valence-corrected chi connectivity index (χ2v) is 10.1. The number of rotatable bonds is 12. The molecular formula is C32H38O7. The van der Waals surface area contributed by atoms with Crippen LogP contribution in [0.2, 0.25) is 0 Å². The van der Waals surface area contributed by atoms with Crippen molar-refractivity contribution in [1.82, 2.24) is 0 Å². The molecule has 0 atom stereocenters. The zero-order chi connectivity index (χ0) is 28.4. The van der Waals surface area contributed by atoms with E-state index >= 15 is 0 Å². The van der Waals surface area contributed by atoms with Crippen molar-refractivity contribution in [3.05, 3.63) is 72.3 Å². The van der Waals surface area contributed by atoms with Gasteiger partial charge in [-0.25, -0.2) is 14.4 Å². The molecule has 208 valence electrons. The summed E-state index contributed by atoms with van der Waals surface area (Å²) in [6, 6.07) is 11.6. The fraction of sp³-hybridized carbons (Fsp3) is 0.406. The molecule has 1 N–H and O–H groups in total. The summed E-state index contributed by atoms with van der Waals surface area (Å²) in [6.07, 6.45) is 8.40. The third kappa shape index (κ3) is 8.65. The van der Waals surface area contributed by atoms with Crippen molar-refractivity contribution in [2.24, 2.45) is 5.92 Å². The average molecular weight is 535 g/mol. The molecule has 7 heteroatoms. The van der Waals surface area contributed by atoms with Gasteiger partial charge in [0, 0.05) is 5.57 Å². The minimum atomic E-state index is -0.824. The van der Waals surface area contributed by atoms with Crippen molar-refractivity contribution in [3.8, 4) is 22.6 Å². The van der Waals surface area contributed by atoms with E-state index in [4.69, 9.17) is 14.2 Å². The standard InChI is InChI=1S/C32H38O7/c1-5-6-7-8-23-9-14-26(15-10-23)38-32(36)28-19-25(13-18-29(28)39-31(35)22(4)20-33)24-11-16-27(17-12-24)37-30(34)21(2)3/h11-13,16-19,23,26,33H,2,4-10,14-15,20H2,1,3H3. The third-order valence-electron chi connectivity index (χ3n) is 6.91. The fourth-order valence-corrected chi connectivity index (χ4v) is 4.54. The number of hydrogen-bond acceptors (Lipinski definition) is 7. The topological polar surface area (TPSA) is 99.1 Å². The van der Waals surface area contributed by atoms with Gasteiger partial charge in [0.15, 0.2) is 0 Å². The van der Waals surface area contributed by atoms with Gasteiger partial charge in [0.25, 0.3) is 0 Å². The van der Waals surface area contributed by atoms with Crippen molar-refractivity contribution in [1.29, 1.82) is 0 Å². The smallest absolute Gasteiger partial charge is 0.342 e. The highest BCUT2D eigenvalue weighted by atomic mass is 16.6. The predicted molar refractivity (Wildman–Crippen MR) is 149 cm³/mol. The molecule has 0 amide bonds. The number of aliphatic hydroxyl groups excluding tert-OH is 1. The van der Waals surface area contributed by atoms with Crippen molar-refractivity contribution < 1.29 is 33.7 Å². The summed E-state index contributed by atoms with van der Waals surface area (Å²) in [5.74, 6) is -0.841. The molecule has 1 fully saturated rings. The van der Waals surface area contributed by atoms with Gasteiger partial charge in [0.1, 0.15) is 23.2 Å². The molecule has 2 aromatic carbocycles. The number of carbonyl (C=O) groups excluding carboxylic acids is 3.